The summed E-state index contributed by atoms with van der Waals surface area (Å²) in [6.07, 6.45) is 0.0756. The summed E-state index contributed by atoms with van der Waals surface area (Å²) in [6, 6.07) is 5.83. The van der Waals surface area contributed by atoms with Crippen LogP contribution in [-0.2, 0) is 11.2 Å². The first kappa shape index (κ1) is 15.2. The van der Waals surface area contributed by atoms with Gasteiger partial charge in [-0.1, -0.05) is 12.1 Å². The Labute approximate surface area is 126 Å². The van der Waals surface area contributed by atoms with Crippen LogP contribution in [0.2, 0.25) is 0 Å². The number of nitrogens with one attached hydrogen (secondary N) is 1. The molecule has 0 saturated heterocycles. The normalized spacial score (nSPS) is 10.4. The van der Waals surface area contributed by atoms with E-state index >= 15 is 0 Å². The monoisotopic (exact) mass is 304 g/mol. The van der Waals surface area contributed by atoms with Crippen molar-refractivity contribution < 1.29 is 14.7 Å². The zero-order valence-electron chi connectivity index (χ0n) is 12.1. The molecular weight excluding hydrogens is 288 g/mol. The molecule has 0 radical (unpaired) electrons. The second-order valence-electron chi connectivity index (χ2n) is 4.87. The van der Waals surface area contributed by atoms with Gasteiger partial charge in [-0.05, 0) is 38.0 Å². The van der Waals surface area contributed by atoms with E-state index in [1.54, 1.807) is 6.92 Å². The first-order chi connectivity index (χ1) is 9.86. The number of carboxylic acids is 1. The first-order valence-electron chi connectivity index (χ1n) is 6.43. The van der Waals surface area contributed by atoms with Gasteiger partial charge in [0.2, 0.25) is 5.91 Å². The molecule has 5 nitrogen and oxygen atoms in total. The van der Waals surface area contributed by atoms with Crippen molar-refractivity contribution in [3.05, 3.63) is 44.9 Å². The standard InChI is InChI=1S/C15H16N2O3S/c1-8-4-5-9(2)11(6-8)17-12(18)7-13-16-10(3)14(21-13)15(19)20/h4-6H,7H2,1-3H3,(H,17,18)(H,19,20). The van der Waals surface area contributed by atoms with Gasteiger partial charge in [-0.2, -0.15) is 0 Å². The Morgan fingerprint density at radius 2 is 2.00 bits per heavy atom. The fourth-order valence-corrected chi connectivity index (χ4v) is 2.83. The molecule has 0 atom stereocenters. The number of carboxylic acid groups (broad SMARTS) is 1. The summed E-state index contributed by atoms with van der Waals surface area (Å²) in [5, 5.41) is 12.3. The highest BCUT2D eigenvalue weighted by atomic mass is 32.1. The third-order valence-corrected chi connectivity index (χ3v) is 4.16. The summed E-state index contributed by atoms with van der Waals surface area (Å²) in [5.41, 5.74) is 3.26. The molecule has 1 aromatic carbocycles. The Morgan fingerprint density at radius 3 is 2.62 bits per heavy atom. The molecule has 0 aliphatic carbocycles. The van der Waals surface area contributed by atoms with E-state index in [-0.39, 0.29) is 17.2 Å². The Morgan fingerprint density at radius 1 is 1.29 bits per heavy atom. The summed E-state index contributed by atoms with van der Waals surface area (Å²) >= 11 is 1.04. The van der Waals surface area contributed by atoms with Crippen molar-refractivity contribution in [1.29, 1.82) is 0 Å². The van der Waals surface area contributed by atoms with Crippen molar-refractivity contribution in [3.63, 3.8) is 0 Å². The van der Waals surface area contributed by atoms with E-state index in [1.165, 1.54) is 0 Å². The van der Waals surface area contributed by atoms with E-state index in [9.17, 15) is 9.59 Å². The van der Waals surface area contributed by atoms with E-state index < -0.39 is 5.97 Å². The average molecular weight is 304 g/mol. The zero-order valence-corrected chi connectivity index (χ0v) is 12.9. The van der Waals surface area contributed by atoms with Gasteiger partial charge in [0.15, 0.2) is 0 Å². The minimum absolute atomic E-state index is 0.0756. The molecule has 0 bridgehead atoms. The Hall–Kier alpha value is -2.21. The van der Waals surface area contributed by atoms with Gasteiger partial charge < -0.3 is 10.4 Å². The van der Waals surface area contributed by atoms with Crippen LogP contribution >= 0.6 is 11.3 Å². The van der Waals surface area contributed by atoms with Gasteiger partial charge in [-0.3, -0.25) is 4.79 Å². The van der Waals surface area contributed by atoms with Crippen LogP contribution < -0.4 is 5.32 Å². The molecule has 21 heavy (non-hydrogen) atoms. The van der Waals surface area contributed by atoms with E-state index in [2.05, 4.69) is 10.3 Å². The van der Waals surface area contributed by atoms with Gasteiger partial charge >= 0.3 is 5.97 Å². The molecule has 1 heterocycles. The molecule has 0 saturated carbocycles. The summed E-state index contributed by atoms with van der Waals surface area (Å²) in [6.45, 7) is 5.51. The van der Waals surface area contributed by atoms with Gasteiger partial charge in [0.05, 0.1) is 12.1 Å². The predicted molar refractivity (Wildman–Crippen MR) is 82.1 cm³/mol. The fraction of sp³-hybridized carbons (Fsp3) is 0.267. The molecule has 0 aliphatic heterocycles. The number of anilines is 1. The number of thiazole rings is 1. The van der Waals surface area contributed by atoms with Gasteiger partial charge in [-0.25, -0.2) is 9.78 Å². The lowest BCUT2D eigenvalue weighted by atomic mass is 10.1. The van der Waals surface area contributed by atoms with Crippen molar-refractivity contribution in [2.45, 2.75) is 27.2 Å². The molecular formula is C15H16N2O3S. The average Bonchev–Trinajstić information content (AvgIpc) is 2.74. The molecule has 0 aliphatic rings. The molecule has 110 valence electrons. The third kappa shape index (κ3) is 3.66. The highest BCUT2D eigenvalue weighted by molar-refractivity contribution is 7.13. The Kier molecular flexibility index (Phi) is 4.37. The molecule has 2 aromatic rings. The number of hydrogen-bond donors (Lipinski definition) is 2. The van der Waals surface area contributed by atoms with E-state index in [0.717, 1.165) is 28.2 Å². The molecule has 2 rings (SSSR count). The van der Waals surface area contributed by atoms with Crippen LogP contribution in [0.4, 0.5) is 5.69 Å². The molecule has 0 unspecified atom stereocenters. The number of aromatic carboxylic acids is 1. The quantitative estimate of drug-likeness (QED) is 0.910. The van der Waals surface area contributed by atoms with E-state index in [1.807, 2.05) is 32.0 Å². The number of aromatic nitrogens is 1. The molecule has 6 heteroatoms. The minimum atomic E-state index is -1.01. The predicted octanol–water partition coefficient (Wildman–Crippen LogP) is 2.95. The second kappa shape index (κ2) is 6.05. The lowest BCUT2D eigenvalue weighted by Crippen LogP contribution is -2.15. The maximum atomic E-state index is 12.0. The van der Waals surface area contributed by atoms with Gasteiger partial charge in [0, 0.05) is 5.69 Å². The number of aryl methyl sites for hydroxylation is 3. The van der Waals surface area contributed by atoms with E-state index in [4.69, 9.17) is 5.11 Å². The largest absolute Gasteiger partial charge is 0.477 e. The fourth-order valence-electron chi connectivity index (χ4n) is 1.93. The highest BCUT2D eigenvalue weighted by Gasteiger charge is 2.16. The first-order valence-corrected chi connectivity index (χ1v) is 7.25. The number of carbonyl (C=O) groups excluding carboxylic acids is 1. The highest BCUT2D eigenvalue weighted by Crippen LogP contribution is 2.20. The summed E-state index contributed by atoms with van der Waals surface area (Å²) in [5.74, 6) is -1.21. The van der Waals surface area contributed by atoms with Crippen molar-refractivity contribution in [2.75, 3.05) is 5.32 Å². The molecule has 2 N–H and O–H groups in total. The lowest BCUT2D eigenvalue weighted by molar-refractivity contribution is -0.115. The molecule has 0 fully saturated rings. The number of amides is 1. The van der Waals surface area contributed by atoms with Crippen LogP contribution in [-0.4, -0.2) is 22.0 Å². The topological polar surface area (TPSA) is 79.3 Å². The van der Waals surface area contributed by atoms with Crippen LogP contribution in [0, 0.1) is 20.8 Å². The van der Waals surface area contributed by atoms with Gasteiger partial charge in [-0.15, -0.1) is 11.3 Å². The third-order valence-electron chi connectivity index (χ3n) is 3.01. The van der Waals surface area contributed by atoms with Crippen LogP contribution in [0.5, 0.6) is 0 Å². The maximum absolute atomic E-state index is 12.0. The zero-order chi connectivity index (χ0) is 15.6. The molecule has 1 aromatic heterocycles. The smallest absolute Gasteiger partial charge is 0.347 e. The van der Waals surface area contributed by atoms with Crippen LogP contribution in [0.1, 0.15) is 31.5 Å². The minimum Gasteiger partial charge on any atom is -0.477 e. The Balaban J connectivity index is 2.10. The van der Waals surface area contributed by atoms with Crippen LogP contribution in [0.25, 0.3) is 0 Å². The number of nitrogens with zero attached hydrogens (tertiary/aromatic N) is 1. The maximum Gasteiger partial charge on any atom is 0.347 e. The number of benzene rings is 1. The van der Waals surface area contributed by atoms with Crippen LogP contribution in [0.3, 0.4) is 0 Å². The number of rotatable bonds is 4. The molecule has 1 amide bonds. The van der Waals surface area contributed by atoms with Crippen molar-refractivity contribution in [1.82, 2.24) is 4.98 Å². The summed E-state index contributed by atoms with van der Waals surface area (Å²) in [7, 11) is 0. The second-order valence-corrected chi connectivity index (χ2v) is 5.95. The molecule has 0 spiro atoms. The lowest BCUT2D eigenvalue weighted by Gasteiger charge is -2.08. The SMILES string of the molecule is Cc1ccc(C)c(NC(=O)Cc2nc(C)c(C(=O)O)s2)c1. The number of carbonyl (C=O) groups is 2. The summed E-state index contributed by atoms with van der Waals surface area (Å²) < 4.78 is 0. The van der Waals surface area contributed by atoms with Crippen molar-refractivity contribution >= 4 is 28.9 Å². The Bertz CT molecular complexity index is 707. The summed E-state index contributed by atoms with van der Waals surface area (Å²) in [4.78, 5) is 27.3. The van der Waals surface area contributed by atoms with Crippen molar-refractivity contribution in [2.24, 2.45) is 0 Å². The van der Waals surface area contributed by atoms with Crippen molar-refractivity contribution in [3.8, 4) is 0 Å². The van der Waals surface area contributed by atoms with Crippen LogP contribution in [0.15, 0.2) is 18.2 Å². The number of hydrogen-bond acceptors (Lipinski definition) is 4. The van der Waals surface area contributed by atoms with Gasteiger partial charge in [0.1, 0.15) is 9.88 Å². The van der Waals surface area contributed by atoms with Gasteiger partial charge in [0.25, 0.3) is 0 Å². The van der Waals surface area contributed by atoms with E-state index in [0.29, 0.717) is 10.7 Å².